The molecule has 1 atom stereocenters. The summed E-state index contributed by atoms with van der Waals surface area (Å²) in [5, 5.41) is 3.32. The Balaban J connectivity index is 1.67. The van der Waals surface area contributed by atoms with Gasteiger partial charge in [0.25, 0.3) is 5.91 Å². The van der Waals surface area contributed by atoms with Crippen molar-refractivity contribution >= 4 is 5.91 Å². The number of likely N-dealkylation sites (N-methyl/N-ethyl adjacent to an activating group) is 2. The number of fused-ring (bicyclic) bond motifs is 1. The first kappa shape index (κ1) is 14.5. The topological polar surface area (TPSA) is 35.6 Å². The van der Waals surface area contributed by atoms with Gasteiger partial charge in [0.15, 0.2) is 0 Å². The Bertz CT molecular complexity index is 529. The van der Waals surface area contributed by atoms with Crippen molar-refractivity contribution in [2.24, 2.45) is 0 Å². The van der Waals surface area contributed by atoms with Gasteiger partial charge in [0, 0.05) is 38.3 Å². The van der Waals surface area contributed by atoms with Gasteiger partial charge in [-0.25, -0.2) is 0 Å². The van der Waals surface area contributed by atoms with E-state index in [4.69, 9.17) is 0 Å². The summed E-state index contributed by atoms with van der Waals surface area (Å²) in [6.07, 6.45) is 2.46. The van der Waals surface area contributed by atoms with Crippen LogP contribution in [0.3, 0.4) is 0 Å². The quantitative estimate of drug-likeness (QED) is 0.918. The molecule has 1 aromatic rings. The van der Waals surface area contributed by atoms with E-state index in [1.54, 1.807) is 0 Å². The van der Waals surface area contributed by atoms with Crippen molar-refractivity contribution < 1.29 is 4.79 Å². The van der Waals surface area contributed by atoms with Crippen LogP contribution in [-0.2, 0) is 13.1 Å². The van der Waals surface area contributed by atoms with Gasteiger partial charge in [-0.2, -0.15) is 0 Å². The number of benzene rings is 1. The molecule has 1 aromatic carbocycles. The van der Waals surface area contributed by atoms with E-state index in [1.807, 2.05) is 18.0 Å². The molecule has 3 rings (SSSR count). The molecule has 1 saturated heterocycles. The highest BCUT2D eigenvalue weighted by molar-refractivity contribution is 5.94. The van der Waals surface area contributed by atoms with Gasteiger partial charge >= 0.3 is 0 Å². The smallest absolute Gasteiger partial charge is 0.253 e. The highest BCUT2D eigenvalue weighted by Gasteiger charge is 2.26. The van der Waals surface area contributed by atoms with Crippen LogP contribution in [0.25, 0.3) is 0 Å². The van der Waals surface area contributed by atoms with E-state index in [1.165, 1.54) is 30.5 Å². The van der Waals surface area contributed by atoms with E-state index in [0.717, 1.165) is 31.7 Å². The zero-order valence-electron chi connectivity index (χ0n) is 13.1. The van der Waals surface area contributed by atoms with Gasteiger partial charge in [0.1, 0.15) is 0 Å². The van der Waals surface area contributed by atoms with E-state index >= 15 is 0 Å². The molecule has 4 heteroatoms. The molecule has 0 radical (unpaired) electrons. The van der Waals surface area contributed by atoms with Gasteiger partial charge in [-0.3, -0.25) is 9.69 Å². The summed E-state index contributed by atoms with van der Waals surface area (Å²) in [5.74, 6) is 0.146. The highest BCUT2D eigenvalue weighted by atomic mass is 16.2. The Hall–Kier alpha value is -1.39. The maximum Gasteiger partial charge on any atom is 0.253 e. The van der Waals surface area contributed by atoms with E-state index in [2.05, 4.69) is 29.3 Å². The van der Waals surface area contributed by atoms with E-state index in [-0.39, 0.29) is 5.91 Å². The molecule has 4 nitrogen and oxygen atoms in total. The molecule has 1 N–H and O–H groups in total. The normalized spacial score (nSPS) is 21.5. The summed E-state index contributed by atoms with van der Waals surface area (Å²) in [4.78, 5) is 17.0. The number of amides is 1. The Morgan fingerprint density at radius 1 is 1.38 bits per heavy atom. The number of hydrogen-bond acceptors (Lipinski definition) is 3. The molecule has 2 aliphatic rings. The van der Waals surface area contributed by atoms with E-state index < -0.39 is 0 Å². The summed E-state index contributed by atoms with van der Waals surface area (Å²) in [5.41, 5.74) is 3.41. The van der Waals surface area contributed by atoms with Crippen molar-refractivity contribution in [2.45, 2.75) is 38.9 Å². The molecule has 0 aliphatic carbocycles. The molecular weight excluding hydrogens is 262 g/mol. The zero-order chi connectivity index (χ0) is 14.8. The first-order chi connectivity index (χ1) is 10.2. The Labute approximate surface area is 127 Å². The predicted octanol–water partition coefficient (Wildman–Crippen LogP) is 1.85. The molecule has 114 valence electrons. The van der Waals surface area contributed by atoms with Crippen LogP contribution >= 0.6 is 0 Å². The summed E-state index contributed by atoms with van der Waals surface area (Å²) < 4.78 is 0. The number of likely N-dealkylation sites (tertiary alicyclic amines) is 1. The minimum Gasteiger partial charge on any atom is -0.340 e. The third kappa shape index (κ3) is 2.97. The number of nitrogens with zero attached hydrogens (tertiary/aromatic N) is 2. The van der Waals surface area contributed by atoms with Crippen LogP contribution < -0.4 is 5.32 Å². The lowest BCUT2D eigenvalue weighted by atomic mass is 10.1. The van der Waals surface area contributed by atoms with Gasteiger partial charge in [-0.1, -0.05) is 13.0 Å². The van der Waals surface area contributed by atoms with Gasteiger partial charge in [0.05, 0.1) is 0 Å². The van der Waals surface area contributed by atoms with Crippen molar-refractivity contribution in [2.75, 3.05) is 26.7 Å². The predicted molar refractivity (Wildman–Crippen MR) is 84.2 cm³/mol. The van der Waals surface area contributed by atoms with Crippen molar-refractivity contribution in [1.82, 2.24) is 15.1 Å². The molecule has 0 bridgehead atoms. The van der Waals surface area contributed by atoms with Gasteiger partial charge in [-0.15, -0.1) is 0 Å². The van der Waals surface area contributed by atoms with Crippen LogP contribution in [0.5, 0.6) is 0 Å². The lowest BCUT2D eigenvalue weighted by Crippen LogP contribution is -2.41. The van der Waals surface area contributed by atoms with Crippen LogP contribution in [-0.4, -0.2) is 48.4 Å². The number of carbonyl (C=O) groups excluding carboxylic acids is 1. The lowest BCUT2D eigenvalue weighted by molar-refractivity contribution is 0.0754. The molecule has 0 spiro atoms. The Morgan fingerprint density at radius 2 is 2.19 bits per heavy atom. The third-order valence-corrected chi connectivity index (χ3v) is 4.82. The van der Waals surface area contributed by atoms with Gasteiger partial charge in [0.2, 0.25) is 0 Å². The van der Waals surface area contributed by atoms with Crippen LogP contribution in [0.4, 0.5) is 0 Å². The van der Waals surface area contributed by atoms with E-state index in [0.29, 0.717) is 6.04 Å². The Kier molecular flexibility index (Phi) is 4.27. The number of nitrogens with one attached hydrogen (secondary N) is 1. The molecule has 21 heavy (non-hydrogen) atoms. The maximum absolute atomic E-state index is 12.6. The summed E-state index contributed by atoms with van der Waals surface area (Å²) >= 11 is 0. The Morgan fingerprint density at radius 3 is 3.00 bits per heavy atom. The fourth-order valence-corrected chi connectivity index (χ4v) is 3.57. The number of hydrogen-bond donors (Lipinski definition) is 1. The van der Waals surface area contributed by atoms with Crippen LogP contribution in [0.1, 0.15) is 41.3 Å². The summed E-state index contributed by atoms with van der Waals surface area (Å²) in [6.45, 7) is 7.10. The van der Waals surface area contributed by atoms with Gasteiger partial charge in [-0.05, 0) is 49.2 Å². The van der Waals surface area contributed by atoms with Crippen LogP contribution in [0.2, 0.25) is 0 Å². The standard InChI is InChI=1S/C17H25N3O/c1-3-20-8-4-5-16(20)12-19(2)17(21)13-6-7-14-10-18-11-15(14)9-13/h6-7,9,16,18H,3-5,8,10-12H2,1-2H3. The summed E-state index contributed by atoms with van der Waals surface area (Å²) in [7, 11) is 1.93. The molecule has 1 unspecified atom stereocenters. The number of carbonyl (C=O) groups is 1. The fraction of sp³-hybridized carbons (Fsp3) is 0.588. The maximum atomic E-state index is 12.6. The average Bonchev–Trinajstić information content (AvgIpc) is 3.13. The van der Waals surface area contributed by atoms with E-state index in [9.17, 15) is 4.79 Å². The second-order valence-electron chi connectivity index (χ2n) is 6.20. The molecule has 0 saturated carbocycles. The molecular formula is C17H25N3O. The van der Waals surface area contributed by atoms with Crippen LogP contribution in [0, 0.1) is 0 Å². The molecule has 0 aromatic heterocycles. The largest absolute Gasteiger partial charge is 0.340 e. The molecule has 2 heterocycles. The monoisotopic (exact) mass is 287 g/mol. The first-order valence-corrected chi connectivity index (χ1v) is 8.01. The highest BCUT2D eigenvalue weighted by Crippen LogP contribution is 2.20. The van der Waals surface area contributed by atoms with Crippen molar-refractivity contribution in [3.05, 3.63) is 34.9 Å². The van der Waals surface area contributed by atoms with Gasteiger partial charge < -0.3 is 10.2 Å². The zero-order valence-corrected chi connectivity index (χ0v) is 13.1. The summed E-state index contributed by atoms with van der Waals surface area (Å²) in [6, 6.07) is 6.64. The minimum atomic E-state index is 0.146. The third-order valence-electron chi connectivity index (χ3n) is 4.82. The fourth-order valence-electron chi connectivity index (χ4n) is 3.57. The second kappa shape index (κ2) is 6.16. The molecule has 1 fully saturated rings. The second-order valence-corrected chi connectivity index (χ2v) is 6.20. The molecule has 2 aliphatic heterocycles. The number of rotatable bonds is 4. The van der Waals surface area contributed by atoms with Crippen molar-refractivity contribution in [3.63, 3.8) is 0 Å². The minimum absolute atomic E-state index is 0.146. The van der Waals surface area contributed by atoms with Crippen LogP contribution in [0.15, 0.2) is 18.2 Å². The average molecular weight is 287 g/mol. The van der Waals surface area contributed by atoms with Crippen molar-refractivity contribution in [3.8, 4) is 0 Å². The lowest BCUT2D eigenvalue weighted by Gasteiger charge is -2.28. The van der Waals surface area contributed by atoms with Crippen molar-refractivity contribution in [1.29, 1.82) is 0 Å². The SMILES string of the molecule is CCN1CCCC1CN(C)C(=O)c1ccc2c(c1)CNC2. The first-order valence-electron chi connectivity index (χ1n) is 8.01. The molecule has 1 amide bonds.